The average molecular weight is 402 g/mol. The first-order chi connectivity index (χ1) is 14.6. The Morgan fingerprint density at radius 2 is 1.83 bits per heavy atom. The van der Waals surface area contributed by atoms with Crippen molar-refractivity contribution in [2.45, 2.75) is 38.7 Å². The second kappa shape index (κ2) is 10.7. The summed E-state index contributed by atoms with van der Waals surface area (Å²) in [5.41, 5.74) is 5.24. The molecule has 154 valence electrons. The maximum absolute atomic E-state index is 14.4. The molecule has 0 aliphatic rings. The Morgan fingerprint density at radius 3 is 2.47 bits per heavy atom. The molecule has 0 aliphatic heterocycles. The Labute approximate surface area is 178 Å². The van der Waals surface area contributed by atoms with E-state index in [4.69, 9.17) is 0 Å². The highest BCUT2D eigenvalue weighted by molar-refractivity contribution is 5.68. The lowest BCUT2D eigenvalue weighted by atomic mass is 10.0. The first kappa shape index (κ1) is 21.7. The molecule has 1 heterocycles. The van der Waals surface area contributed by atoms with Crippen molar-refractivity contribution >= 4 is 6.08 Å². The van der Waals surface area contributed by atoms with E-state index in [1.807, 2.05) is 25.1 Å². The molecule has 0 aliphatic carbocycles. The van der Waals surface area contributed by atoms with Gasteiger partial charge in [-0.25, -0.2) is 4.39 Å². The molecule has 0 saturated heterocycles. The minimum atomic E-state index is -0.265. The molecule has 1 aromatic heterocycles. The second-order valence-electron chi connectivity index (χ2n) is 7.54. The molecule has 1 atom stereocenters. The minimum Gasteiger partial charge on any atom is -0.393 e. The highest BCUT2D eigenvalue weighted by Crippen LogP contribution is 2.25. The van der Waals surface area contributed by atoms with E-state index in [0.717, 1.165) is 41.5 Å². The van der Waals surface area contributed by atoms with E-state index in [1.54, 1.807) is 24.4 Å². The van der Waals surface area contributed by atoms with Crippen molar-refractivity contribution in [3.8, 4) is 22.4 Å². The SMILES string of the molecule is C=CCc1ccc(-c2ccc(-c3ccc(C=CCCCC(C)O)cc3)cn2)c(F)c1. The van der Waals surface area contributed by atoms with Crippen LogP contribution in [0.3, 0.4) is 0 Å². The van der Waals surface area contributed by atoms with Crippen LogP contribution in [0.5, 0.6) is 0 Å². The van der Waals surface area contributed by atoms with E-state index >= 15 is 0 Å². The lowest BCUT2D eigenvalue weighted by molar-refractivity contribution is 0.182. The summed E-state index contributed by atoms with van der Waals surface area (Å²) < 4.78 is 14.4. The number of unbranched alkanes of at least 4 members (excludes halogenated alkanes) is 1. The van der Waals surface area contributed by atoms with Crippen LogP contribution in [0, 0.1) is 5.82 Å². The standard InChI is InChI=1S/C27H28FNO/c1-3-7-22-12-16-25(26(28)18-22)27-17-15-24(19-29-27)23-13-10-21(11-14-23)9-6-4-5-8-20(2)30/h3,6,9-20,30H,1,4-5,7-8H2,2H3. The van der Waals surface area contributed by atoms with Gasteiger partial charge in [-0.15, -0.1) is 6.58 Å². The lowest BCUT2D eigenvalue weighted by Gasteiger charge is -2.07. The molecule has 0 spiro atoms. The zero-order chi connectivity index (χ0) is 21.3. The molecule has 3 rings (SSSR count). The highest BCUT2D eigenvalue weighted by Gasteiger charge is 2.08. The maximum atomic E-state index is 14.4. The van der Waals surface area contributed by atoms with Crippen molar-refractivity contribution in [2.24, 2.45) is 0 Å². The summed E-state index contributed by atoms with van der Waals surface area (Å²) in [6, 6.07) is 17.3. The number of benzene rings is 2. The van der Waals surface area contributed by atoms with E-state index in [1.165, 1.54) is 0 Å². The molecule has 1 unspecified atom stereocenters. The van der Waals surface area contributed by atoms with Crippen molar-refractivity contribution in [1.29, 1.82) is 0 Å². The molecular weight excluding hydrogens is 373 g/mol. The van der Waals surface area contributed by atoms with Crippen LogP contribution in [0.4, 0.5) is 4.39 Å². The summed E-state index contributed by atoms with van der Waals surface area (Å²) in [5.74, 6) is -0.265. The van der Waals surface area contributed by atoms with Crippen LogP contribution in [0.15, 0.2) is 79.5 Å². The van der Waals surface area contributed by atoms with Crippen molar-refractivity contribution < 1.29 is 9.50 Å². The molecule has 1 N–H and O–H groups in total. The summed E-state index contributed by atoms with van der Waals surface area (Å²) in [4.78, 5) is 4.47. The fourth-order valence-corrected chi connectivity index (χ4v) is 3.32. The van der Waals surface area contributed by atoms with E-state index in [0.29, 0.717) is 17.7 Å². The zero-order valence-corrected chi connectivity index (χ0v) is 17.4. The lowest BCUT2D eigenvalue weighted by Crippen LogP contribution is -1.97. The average Bonchev–Trinajstić information content (AvgIpc) is 2.74. The van der Waals surface area contributed by atoms with E-state index in [2.05, 4.69) is 48.0 Å². The van der Waals surface area contributed by atoms with Gasteiger partial charge in [0.1, 0.15) is 5.82 Å². The number of pyridine rings is 1. The molecule has 2 nitrogen and oxygen atoms in total. The van der Waals surface area contributed by atoms with Crippen LogP contribution in [-0.2, 0) is 6.42 Å². The van der Waals surface area contributed by atoms with Gasteiger partial charge in [-0.1, -0.05) is 54.6 Å². The first-order valence-electron chi connectivity index (χ1n) is 10.4. The van der Waals surface area contributed by atoms with Crippen LogP contribution in [0.1, 0.15) is 37.3 Å². The number of rotatable bonds is 9. The van der Waals surface area contributed by atoms with Gasteiger partial charge in [0.15, 0.2) is 0 Å². The van der Waals surface area contributed by atoms with Gasteiger partial charge < -0.3 is 5.11 Å². The van der Waals surface area contributed by atoms with Gasteiger partial charge in [0.2, 0.25) is 0 Å². The molecule has 0 amide bonds. The molecule has 0 fully saturated rings. The van der Waals surface area contributed by atoms with Gasteiger partial charge in [0.05, 0.1) is 11.8 Å². The van der Waals surface area contributed by atoms with E-state index < -0.39 is 0 Å². The highest BCUT2D eigenvalue weighted by atomic mass is 19.1. The maximum Gasteiger partial charge on any atom is 0.132 e. The summed E-state index contributed by atoms with van der Waals surface area (Å²) in [6.07, 6.45) is 11.0. The van der Waals surface area contributed by atoms with Crippen molar-refractivity contribution in [3.63, 3.8) is 0 Å². The predicted octanol–water partition coefficient (Wildman–Crippen LogP) is 6.85. The Hall–Kier alpha value is -3.04. The summed E-state index contributed by atoms with van der Waals surface area (Å²) >= 11 is 0. The molecule has 3 heteroatoms. The van der Waals surface area contributed by atoms with Crippen LogP contribution in [-0.4, -0.2) is 16.2 Å². The Kier molecular flexibility index (Phi) is 7.69. The fourth-order valence-electron chi connectivity index (χ4n) is 3.32. The Bertz CT molecular complexity index is 988. The van der Waals surface area contributed by atoms with Crippen molar-refractivity contribution in [3.05, 3.63) is 96.5 Å². The molecular formula is C27H28FNO. The number of aliphatic hydroxyl groups is 1. The van der Waals surface area contributed by atoms with Crippen LogP contribution in [0.2, 0.25) is 0 Å². The number of hydrogen-bond donors (Lipinski definition) is 1. The summed E-state index contributed by atoms with van der Waals surface area (Å²) in [6.45, 7) is 5.51. The molecule has 2 aromatic carbocycles. The van der Waals surface area contributed by atoms with Gasteiger partial charge in [-0.3, -0.25) is 4.98 Å². The van der Waals surface area contributed by atoms with Gasteiger partial charge >= 0.3 is 0 Å². The van der Waals surface area contributed by atoms with Crippen LogP contribution in [0.25, 0.3) is 28.5 Å². The predicted molar refractivity (Wildman–Crippen MR) is 124 cm³/mol. The van der Waals surface area contributed by atoms with Gasteiger partial charge in [0.25, 0.3) is 0 Å². The van der Waals surface area contributed by atoms with E-state index in [-0.39, 0.29) is 11.9 Å². The van der Waals surface area contributed by atoms with Gasteiger partial charge in [-0.05, 0) is 67.5 Å². The fraction of sp³-hybridized carbons (Fsp3) is 0.222. The van der Waals surface area contributed by atoms with E-state index in [9.17, 15) is 9.50 Å². The molecule has 0 radical (unpaired) electrons. The van der Waals surface area contributed by atoms with Crippen LogP contribution < -0.4 is 0 Å². The monoisotopic (exact) mass is 401 g/mol. The molecule has 3 aromatic rings. The quantitative estimate of drug-likeness (QED) is 0.314. The number of allylic oxidation sites excluding steroid dienone is 2. The second-order valence-corrected chi connectivity index (χ2v) is 7.54. The van der Waals surface area contributed by atoms with Crippen molar-refractivity contribution in [1.82, 2.24) is 4.98 Å². The number of halogens is 1. The van der Waals surface area contributed by atoms with Crippen molar-refractivity contribution in [2.75, 3.05) is 0 Å². The first-order valence-corrected chi connectivity index (χ1v) is 10.4. The number of aromatic nitrogens is 1. The Morgan fingerprint density at radius 1 is 1.07 bits per heavy atom. The molecule has 30 heavy (non-hydrogen) atoms. The number of aliphatic hydroxyl groups excluding tert-OH is 1. The third-order valence-corrected chi connectivity index (χ3v) is 5.00. The smallest absolute Gasteiger partial charge is 0.132 e. The summed E-state index contributed by atoms with van der Waals surface area (Å²) in [5, 5.41) is 9.28. The van der Waals surface area contributed by atoms with Gasteiger partial charge in [-0.2, -0.15) is 0 Å². The third kappa shape index (κ3) is 5.98. The minimum absolute atomic E-state index is 0.231. The number of hydrogen-bond acceptors (Lipinski definition) is 2. The zero-order valence-electron chi connectivity index (χ0n) is 17.4. The normalized spacial score (nSPS) is 12.2. The van der Waals surface area contributed by atoms with Crippen LogP contribution >= 0.6 is 0 Å². The Balaban J connectivity index is 1.66. The summed E-state index contributed by atoms with van der Waals surface area (Å²) in [7, 11) is 0. The third-order valence-electron chi connectivity index (χ3n) is 5.00. The molecule has 0 saturated carbocycles. The largest absolute Gasteiger partial charge is 0.393 e. The molecule has 0 bridgehead atoms. The number of nitrogens with zero attached hydrogens (tertiary/aromatic N) is 1. The van der Waals surface area contributed by atoms with Gasteiger partial charge in [0, 0.05) is 17.3 Å². The topological polar surface area (TPSA) is 33.1 Å².